The average Bonchev–Trinajstić information content (AvgIpc) is 2.69. The molecule has 0 aromatic carbocycles. The van der Waals surface area contributed by atoms with Crippen molar-refractivity contribution in [3.8, 4) is 0 Å². The highest BCUT2D eigenvalue weighted by molar-refractivity contribution is 5.25. The van der Waals surface area contributed by atoms with Gasteiger partial charge in [-0.1, -0.05) is 0 Å². The highest BCUT2D eigenvalue weighted by atomic mass is 15.2. The molecule has 1 aromatic heterocycles. The molecule has 0 amide bonds. The molecule has 4 nitrogen and oxygen atoms in total. The lowest BCUT2D eigenvalue weighted by molar-refractivity contribution is 0.201. The van der Waals surface area contributed by atoms with Crippen LogP contribution in [0.3, 0.4) is 0 Å². The lowest BCUT2D eigenvalue weighted by Gasteiger charge is -2.27. The van der Waals surface area contributed by atoms with E-state index in [0.29, 0.717) is 17.9 Å². The molecule has 1 aliphatic heterocycles. The first-order valence-corrected chi connectivity index (χ1v) is 6.00. The Labute approximate surface area is 96.9 Å². The van der Waals surface area contributed by atoms with Gasteiger partial charge in [-0.15, -0.1) is 5.10 Å². The van der Waals surface area contributed by atoms with Crippen molar-refractivity contribution in [2.24, 2.45) is 0 Å². The Kier molecular flexibility index (Phi) is 3.39. The fraction of sp³-hybridized carbons (Fsp3) is 0.667. The topological polar surface area (TPSA) is 55.0 Å². The van der Waals surface area contributed by atoms with Crippen molar-refractivity contribution in [2.75, 3.05) is 12.3 Å². The fourth-order valence-corrected chi connectivity index (χ4v) is 2.48. The van der Waals surface area contributed by atoms with Crippen LogP contribution in [0.4, 0.5) is 5.82 Å². The zero-order valence-corrected chi connectivity index (χ0v) is 10.1. The van der Waals surface area contributed by atoms with E-state index in [9.17, 15) is 0 Å². The van der Waals surface area contributed by atoms with Crippen LogP contribution in [0.15, 0.2) is 12.1 Å². The third-order valence-corrected chi connectivity index (χ3v) is 3.27. The maximum Gasteiger partial charge on any atom is 0.146 e. The van der Waals surface area contributed by atoms with E-state index in [0.717, 1.165) is 12.1 Å². The molecule has 0 aliphatic carbocycles. The molecule has 2 rings (SSSR count). The molecule has 16 heavy (non-hydrogen) atoms. The van der Waals surface area contributed by atoms with Crippen LogP contribution in [-0.2, 0) is 6.42 Å². The molecule has 1 atom stereocenters. The summed E-state index contributed by atoms with van der Waals surface area (Å²) in [4.78, 5) is 2.55. The molecule has 4 heteroatoms. The Morgan fingerprint density at radius 1 is 1.44 bits per heavy atom. The first-order chi connectivity index (χ1) is 7.66. The molecule has 0 radical (unpaired) electrons. The summed E-state index contributed by atoms with van der Waals surface area (Å²) in [6.45, 7) is 5.73. The van der Waals surface area contributed by atoms with Crippen LogP contribution in [0.2, 0.25) is 0 Å². The number of aromatic nitrogens is 2. The van der Waals surface area contributed by atoms with Crippen LogP contribution in [0.25, 0.3) is 0 Å². The normalized spacial score (nSPS) is 21.8. The zero-order chi connectivity index (χ0) is 11.5. The second-order valence-corrected chi connectivity index (χ2v) is 4.78. The van der Waals surface area contributed by atoms with Gasteiger partial charge in [0.2, 0.25) is 0 Å². The molecule has 1 fully saturated rings. The zero-order valence-electron chi connectivity index (χ0n) is 10.1. The molecule has 2 N–H and O–H groups in total. The van der Waals surface area contributed by atoms with Gasteiger partial charge in [0.1, 0.15) is 5.82 Å². The molecule has 0 spiro atoms. The Bertz CT molecular complexity index is 333. The van der Waals surface area contributed by atoms with Gasteiger partial charge in [-0.2, -0.15) is 5.10 Å². The highest BCUT2D eigenvalue weighted by Crippen LogP contribution is 2.22. The monoisotopic (exact) mass is 220 g/mol. The van der Waals surface area contributed by atoms with E-state index in [-0.39, 0.29) is 0 Å². The van der Waals surface area contributed by atoms with Crippen molar-refractivity contribution >= 4 is 5.82 Å². The standard InChI is InChI=1S/C12H20N4/c1-9(2)16-7-3-4-11(16)8-10-5-6-12(13)15-14-10/h5-6,9,11H,3-4,7-8H2,1-2H3,(H2,13,15). The van der Waals surface area contributed by atoms with E-state index >= 15 is 0 Å². The Hall–Kier alpha value is -1.16. The van der Waals surface area contributed by atoms with Crippen LogP contribution in [0.1, 0.15) is 32.4 Å². The molecule has 0 bridgehead atoms. The van der Waals surface area contributed by atoms with Crippen LogP contribution < -0.4 is 5.73 Å². The van der Waals surface area contributed by atoms with E-state index in [2.05, 4.69) is 28.9 Å². The van der Waals surface area contributed by atoms with E-state index in [1.54, 1.807) is 0 Å². The maximum absolute atomic E-state index is 5.53. The van der Waals surface area contributed by atoms with Crippen molar-refractivity contribution in [1.29, 1.82) is 0 Å². The summed E-state index contributed by atoms with van der Waals surface area (Å²) in [6.07, 6.45) is 3.56. The van der Waals surface area contributed by atoms with E-state index < -0.39 is 0 Å². The van der Waals surface area contributed by atoms with Crippen molar-refractivity contribution < 1.29 is 0 Å². The SMILES string of the molecule is CC(C)N1CCCC1Cc1ccc(N)nn1. The second-order valence-electron chi connectivity index (χ2n) is 4.78. The van der Waals surface area contributed by atoms with Crippen LogP contribution in [-0.4, -0.2) is 33.7 Å². The third kappa shape index (κ3) is 2.50. The van der Waals surface area contributed by atoms with Gasteiger partial charge in [0.25, 0.3) is 0 Å². The summed E-state index contributed by atoms with van der Waals surface area (Å²) in [5, 5.41) is 8.03. The van der Waals surface area contributed by atoms with Gasteiger partial charge >= 0.3 is 0 Å². The fourth-order valence-electron chi connectivity index (χ4n) is 2.48. The molecule has 1 aromatic rings. The first-order valence-electron chi connectivity index (χ1n) is 6.00. The molecule has 1 aliphatic rings. The Balaban J connectivity index is 2.01. The summed E-state index contributed by atoms with van der Waals surface area (Å²) < 4.78 is 0. The number of nitrogens with zero attached hydrogens (tertiary/aromatic N) is 3. The first kappa shape index (κ1) is 11.3. The molecule has 0 saturated carbocycles. The summed E-state index contributed by atoms with van der Waals surface area (Å²) in [5.41, 5.74) is 6.57. The van der Waals surface area contributed by atoms with E-state index in [1.807, 2.05) is 12.1 Å². The second kappa shape index (κ2) is 4.78. The summed E-state index contributed by atoms with van der Waals surface area (Å²) in [6, 6.07) is 5.06. The number of nitrogen functional groups attached to an aromatic ring is 1. The summed E-state index contributed by atoms with van der Waals surface area (Å²) in [5.74, 6) is 0.496. The van der Waals surface area contributed by atoms with Gasteiger partial charge in [0.15, 0.2) is 0 Å². The Morgan fingerprint density at radius 3 is 2.88 bits per heavy atom. The van der Waals surface area contributed by atoms with Gasteiger partial charge in [-0.25, -0.2) is 0 Å². The predicted molar refractivity (Wildman–Crippen MR) is 65.0 cm³/mol. The molecule has 1 unspecified atom stereocenters. The van der Waals surface area contributed by atoms with Gasteiger partial charge in [0.05, 0.1) is 5.69 Å². The number of anilines is 1. The average molecular weight is 220 g/mol. The van der Waals surface area contributed by atoms with Crippen molar-refractivity contribution in [2.45, 2.75) is 45.2 Å². The number of nitrogens with two attached hydrogens (primary N) is 1. The minimum Gasteiger partial charge on any atom is -0.382 e. The van der Waals surface area contributed by atoms with Crippen molar-refractivity contribution in [1.82, 2.24) is 15.1 Å². The van der Waals surface area contributed by atoms with Gasteiger partial charge < -0.3 is 5.73 Å². The lowest BCUT2D eigenvalue weighted by atomic mass is 10.1. The predicted octanol–water partition coefficient (Wildman–Crippen LogP) is 1.47. The maximum atomic E-state index is 5.53. The molecular formula is C12H20N4. The van der Waals surface area contributed by atoms with E-state index in [1.165, 1.54) is 19.4 Å². The smallest absolute Gasteiger partial charge is 0.146 e. The summed E-state index contributed by atoms with van der Waals surface area (Å²) >= 11 is 0. The van der Waals surface area contributed by atoms with Gasteiger partial charge in [-0.05, 0) is 45.4 Å². The summed E-state index contributed by atoms with van der Waals surface area (Å²) in [7, 11) is 0. The third-order valence-electron chi connectivity index (χ3n) is 3.27. The quantitative estimate of drug-likeness (QED) is 0.838. The number of hydrogen-bond donors (Lipinski definition) is 1. The minimum absolute atomic E-state index is 0.496. The minimum atomic E-state index is 0.496. The molecule has 88 valence electrons. The molecule has 2 heterocycles. The number of rotatable bonds is 3. The van der Waals surface area contributed by atoms with Crippen molar-refractivity contribution in [3.63, 3.8) is 0 Å². The van der Waals surface area contributed by atoms with Gasteiger partial charge in [0, 0.05) is 18.5 Å². The largest absolute Gasteiger partial charge is 0.382 e. The van der Waals surface area contributed by atoms with Crippen LogP contribution in [0, 0.1) is 0 Å². The molecule has 1 saturated heterocycles. The number of likely N-dealkylation sites (tertiary alicyclic amines) is 1. The lowest BCUT2D eigenvalue weighted by Crippen LogP contribution is -2.36. The Morgan fingerprint density at radius 2 is 2.25 bits per heavy atom. The van der Waals surface area contributed by atoms with Gasteiger partial charge in [-0.3, -0.25) is 4.90 Å². The van der Waals surface area contributed by atoms with Crippen LogP contribution >= 0.6 is 0 Å². The number of hydrogen-bond acceptors (Lipinski definition) is 4. The molecular weight excluding hydrogens is 200 g/mol. The van der Waals surface area contributed by atoms with Crippen molar-refractivity contribution in [3.05, 3.63) is 17.8 Å². The highest BCUT2D eigenvalue weighted by Gasteiger charge is 2.26. The van der Waals surface area contributed by atoms with E-state index in [4.69, 9.17) is 5.73 Å². The van der Waals surface area contributed by atoms with Crippen LogP contribution in [0.5, 0.6) is 0 Å².